The van der Waals surface area contributed by atoms with E-state index in [2.05, 4.69) is 20.7 Å². The van der Waals surface area contributed by atoms with Gasteiger partial charge in [-0.2, -0.15) is 11.8 Å². The summed E-state index contributed by atoms with van der Waals surface area (Å²) in [6, 6.07) is 6.59. The third-order valence-corrected chi connectivity index (χ3v) is 5.30. The van der Waals surface area contributed by atoms with E-state index in [1.165, 1.54) is 24.3 Å². The van der Waals surface area contributed by atoms with E-state index in [9.17, 15) is 0 Å². The van der Waals surface area contributed by atoms with Gasteiger partial charge in [0.25, 0.3) is 0 Å². The Labute approximate surface area is 121 Å². The van der Waals surface area contributed by atoms with Crippen LogP contribution in [0.4, 0.5) is 0 Å². The Morgan fingerprint density at radius 2 is 2.37 bits per heavy atom. The van der Waals surface area contributed by atoms with Gasteiger partial charge in [0.1, 0.15) is 5.01 Å². The molecule has 19 heavy (non-hydrogen) atoms. The van der Waals surface area contributed by atoms with Crippen molar-refractivity contribution >= 4 is 23.1 Å². The van der Waals surface area contributed by atoms with E-state index in [0.717, 1.165) is 22.9 Å². The van der Waals surface area contributed by atoms with Gasteiger partial charge in [-0.3, -0.25) is 4.98 Å². The van der Waals surface area contributed by atoms with Crippen molar-refractivity contribution in [3.63, 3.8) is 0 Å². The molecule has 0 aromatic carbocycles. The van der Waals surface area contributed by atoms with Crippen molar-refractivity contribution in [2.45, 2.75) is 25.4 Å². The van der Waals surface area contributed by atoms with Crippen LogP contribution < -0.4 is 5.32 Å². The monoisotopic (exact) mass is 291 g/mol. The van der Waals surface area contributed by atoms with Crippen LogP contribution in [0.15, 0.2) is 29.8 Å². The Morgan fingerprint density at radius 1 is 1.37 bits per heavy atom. The van der Waals surface area contributed by atoms with Crippen LogP contribution in [-0.4, -0.2) is 27.5 Å². The van der Waals surface area contributed by atoms with Crippen molar-refractivity contribution in [2.75, 3.05) is 11.5 Å². The highest BCUT2D eigenvalue weighted by atomic mass is 32.2. The van der Waals surface area contributed by atoms with E-state index in [4.69, 9.17) is 0 Å². The molecule has 1 atom stereocenters. The van der Waals surface area contributed by atoms with Gasteiger partial charge in [-0.25, -0.2) is 4.98 Å². The Hall–Kier alpha value is -0.910. The van der Waals surface area contributed by atoms with Gasteiger partial charge < -0.3 is 5.32 Å². The molecular formula is C14H17N3S2. The summed E-state index contributed by atoms with van der Waals surface area (Å²) in [5.74, 6) is 2.55. The molecule has 1 unspecified atom stereocenters. The van der Waals surface area contributed by atoms with Crippen molar-refractivity contribution in [1.29, 1.82) is 0 Å². The van der Waals surface area contributed by atoms with E-state index in [1.54, 1.807) is 11.3 Å². The van der Waals surface area contributed by atoms with Crippen molar-refractivity contribution < 1.29 is 0 Å². The molecule has 0 saturated carbocycles. The maximum atomic E-state index is 4.65. The number of nitrogens with one attached hydrogen (secondary N) is 1. The fourth-order valence-electron chi connectivity index (χ4n) is 2.15. The number of thiazole rings is 1. The number of thioether (sulfide) groups is 1. The van der Waals surface area contributed by atoms with Crippen LogP contribution in [0, 0.1) is 0 Å². The zero-order valence-electron chi connectivity index (χ0n) is 10.7. The second-order valence-electron chi connectivity index (χ2n) is 4.65. The molecule has 3 nitrogen and oxygen atoms in total. The van der Waals surface area contributed by atoms with Crippen LogP contribution in [-0.2, 0) is 6.54 Å². The molecule has 1 N–H and O–H groups in total. The molecule has 1 aliphatic heterocycles. The number of aromatic nitrogens is 2. The molecule has 0 spiro atoms. The summed E-state index contributed by atoms with van der Waals surface area (Å²) in [6.07, 6.45) is 4.44. The van der Waals surface area contributed by atoms with E-state index < -0.39 is 0 Å². The van der Waals surface area contributed by atoms with Crippen LogP contribution in [0.3, 0.4) is 0 Å². The summed E-state index contributed by atoms with van der Waals surface area (Å²) in [5, 5.41) is 6.75. The summed E-state index contributed by atoms with van der Waals surface area (Å²) in [4.78, 5) is 8.99. The average molecular weight is 291 g/mol. The average Bonchev–Trinajstić information content (AvgIpc) is 2.96. The fraction of sp³-hybridized carbons (Fsp3) is 0.429. The lowest BCUT2D eigenvalue weighted by Crippen LogP contribution is -2.33. The minimum absolute atomic E-state index is 0.652. The summed E-state index contributed by atoms with van der Waals surface area (Å²) in [7, 11) is 0. The lowest BCUT2D eigenvalue weighted by atomic mass is 10.2. The molecule has 0 radical (unpaired) electrons. The zero-order valence-corrected chi connectivity index (χ0v) is 12.3. The highest BCUT2D eigenvalue weighted by Gasteiger charge is 2.13. The standard InChI is InChI=1S/C14H17N3S2/c1-2-6-15-13(5-1)14-17-12(10-19-14)8-16-11-4-3-7-18-9-11/h1-2,5-6,10-11,16H,3-4,7-9H2. The summed E-state index contributed by atoms with van der Waals surface area (Å²) in [5.41, 5.74) is 2.09. The van der Waals surface area contributed by atoms with Gasteiger partial charge in [-0.1, -0.05) is 6.07 Å². The van der Waals surface area contributed by atoms with Gasteiger partial charge >= 0.3 is 0 Å². The molecule has 1 fully saturated rings. The Bertz CT molecular complexity index is 506. The Morgan fingerprint density at radius 3 is 3.16 bits per heavy atom. The number of nitrogens with zero attached hydrogens (tertiary/aromatic N) is 2. The first-order chi connectivity index (χ1) is 9.42. The van der Waals surface area contributed by atoms with Gasteiger partial charge in [-0.05, 0) is 30.7 Å². The first-order valence-corrected chi connectivity index (χ1v) is 8.62. The fourth-order valence-corrected chi connectivity index (χ4v) is 4.05. The molecule has 1 saturated heterocycles. The largest absolute Gasteiger partial charge is 0.308 e. The first kappa shape index (κ1) is 13.1. The third kappa shape index (κ3) is 3.55. The molecule has 100 valence electrons. The number of pyridine rings is 1. The number of hydrogen-bond donors (Lipinski definition) is 1. The Balaban J connectivity index is 1.59. The van der Waals surface area contributed by atoms with Crippen molar-refractivity contribution in [3.8, 4) is 10.7 Å². The highest BCUT2D eigenvalue weighted by Crippen LogP contribution is 2.22. The van der Waals surface area contributed by atoms with E-state index in [0.29, 0.717) is 6.04 Å². The minimum atomic E-state index is 0.652. The highest BCUT2D eigenvalue weighted by molar-refractivity contribution is 7.99. The van der Waals surface area contributed by atoms with E-state index in [1.807, 2.05) is 36.2 Å². The van der Waals surface area contributed by atoms with E-state index >= 15 is 0 Å². The smallest absolute Gasteiger partial charge is 0.142 e. The number of rotatable bonds is 4. The molecule has 1 aliphatic rings. The molecule has 0 aliphatic carbocycles. The number of hydrogen-bond acceptors (Lipinski definition) is 5. The van der Waals surface area contributed by atoms with Gasteiger partial charge in [0.05, 0.1) is 11.4 Å². The predicted octanol–water partition coefficient (Wildman–Crippen LogP) is 3.19. The maximum absolute atomic E-state index is 4.65. The van der Waals surface area contributed by atoms with Gasteiger partial charge in [0.15, 0.2) is 0 Å². The summed E-state index contributed by atoms with van der Waals surface area (Å²) >= 11 is 3.72. The minimum Gasteiger partial charge on any atom is -0.308 e. The van der Waals surface area contributed by atoms with Crippen LogP contribution in [0.2, 0.25) is 0 Å². The van der Waals surface area contributed by atoms with Crippen LogP contribution >= 0.6 is 23.1 Å². The van der Waals surface area contributed by atoms with Gasteiger partial charge in [0.2, 0.25) is 0 Å². The van der Waals surface area contributed by atoms with Crippen molar-refractivity contribution in [1.82, 2.24) is 15.3 Å². The second-order valence-corrected chi connectivity index (χ2v) is 6.66. The van der Waals surface area contributed by atoms with Crippen molar-refractivity contribution in [3.05, 3.63) is 35.5 Å². The molecule has 3 rings (SSSR count). The van der Waals surface area contributed by atoms with Crippen LogP contribution in [0.25, 0.3) is 10.7 Å². The predicted molar refractivity (Wildman–Crippen MR) is 82.5 cm³/mol. The second kappa shape index (κ2) is 6.50. The molecule has 0 amide bonds. The van der Waals surface area contributed by atoms with Gasteiger partial charge in [-0.15, -0.1) is 11.3 Å². The molecule has 5 heteroatoms. The molecule has 2 aromatic rings. The Kier molecular flexibility index (Phi) is 4.48. The molecule has 2 aromatic heterocycles. The van der Waals surface area contributed by atoms with Crippen LogP contribution in [0.5, 0.6) is 0 Å². The third-order valence-electron chi connectivity index (χ3n) is 3.17. The quantitative estimate of drug-likeness (QED) is 0.939. The van der Waals surface area contributed by atoms with Crippen molar-refractivity contribution in [2.24, 2.45) is 0 Å². The first-order valence-electron chi connectivity index (χ1n) is 6.59. The molecular weight excluding hydrogens is 274 g/mol. The molecule has 3 heterocycles. The summed E-state index contributed by atoms with van der Waals surface area (Å²) < 4.78 is 0. The van der Waals surface area contributed by atoms with Gasteiger partial charge in [0, 0.05) is 29.9 Å². The normalized spacial score (nSPS) is 19.5. The lowest BCUT2D eigenvalue weighted by molar-refractivity contribution is 0.504. The zero-order chi connectivity index (χ0) is 12.9. The molecule has 0 bridgehead atoms. The lowest BCUT2D eigenvalue weighted by Gasteiger charge is -2.21. The SMILES string of the molecule is c1ccc(-c2nc(CNC3CCCSC3)cs2)nc1. The summed E-state index contributed by atoms with van der Waals surface area (Å²) in [6.45, 7) is 0.870. The maximum Gasteiger partial charge on any atom is 0.142 e. The topological polar surface area (TPSA) is 37.8 Å². The van der Waals surface area contributed by atoms with E-state index in [-0.39, 0.29) is 0 Å². The van der Waals surface area contributed by atoms with Crippen LogP contribution in [0.1, 0.15) is 18.5 Å².